The summed E-state index contributed by atoms with van der Waals surface area (Å²) in [4.78, 5) is 37.0. The minimum atomic E-state index is -1.00. The summed E-state index contributed by atoms with van der Waals surface area (Å²) in [6.07, 6.45) is 2.29. The second-order valence-electron chi connectivity index (χ2n) is 4.62. The van der Waals surface area contributed by atoms with E-state index in [1.165, 1.54) is 4.57 Å². The van der Waals surface area contributed by atoms with Crippen molar-refractivity contribution in [2.24, 2.45) is 5.73 Å². The highest BCUT2D eigenvalue weighted by Gasteiger charge is 2.21. The minimum absolute atomic E-state index is 0.224. The first-order chi connectivity index (χ1) is 10.9. The lowest BCUT2D eigenvalue weighted by molar-refractivity contribution is -0.389. The maximum Gasteiger partial charge on any atom is 0.381 e. The molecule has 0 saturated carbocycles. The number of rotatable bonds is 6. The zero-order chi connectivity index (χ0) is 17.0. The SMILES string of the molecule is NC(=O)C(NC(=O)Cn1cnc([N+](=O)[O-])c1)c1cccc(Br)c1. The number of nitrogens with two attached hydrogens (primary N) is 1. The largest absolute Gasteiger partial charge is 0.381 e. The number of benzene rings is 1. The van der Waals surface area contributed by atoms with Crippen LogP contribution < -0.4 is 11.1 Å². The smallest absolute Gasteiger partial charge is 0.368 e. The van der Waals surface area contributed by atoms with Crippen LogP contribution in [0.15, 0.2) is 41.3 Å². The monoisotopic (exact) mass is 381 g/mol. The molecular formula is C13H12BrN5O4. The summed E-state index contributed by atoms with van der Waals surface area (Å²) in [7, 11) is 0. The van der Waals surface area contributed by atoms with Gasteiger partial charge in [-0.1, -0.05) is 28.1 Å². The first-order valence-electron chi connectivity index (χ1n) is 6.37. The summed E-state index contributed by atoms with van der Waals surface area (Å²) in [5.41, 5.74) is 5.85. The number of nitrogens with one attached hydrogen (secondary N) is 1. The lowest BCUT2D eigenvalue weighted by Crippen LogP contribution is -2.39. The maximum absolute atomic E-state index is 12.0. The number of primary amides is 1. The Hall–Kier alpha value is -2.75. The van der Waals surface area contributed by atoms with Gasteiger partial charge in [-0.05, 0) is 27.6 Å². The van der Waals surface area contributed by atoms with Crippen LogP contribution in [0.2, 0.25) is 0 Å². The van der Waals surface area contributed by atoms with Crippen molar-refractivity contribution in [1.29, 1.82) is 0 Å². The highest BCUT2D eigenvalue weighted by atomic mass is 79.9. The minimum Gasteiger partial charge on any atom is -0.368 e. The van der Waals surface area contributed by atoms with E-state index >= 15 is 0 Å². The van der Waals surface area contributed by atoms with Crippen LogP contribution >= 0.6 is 15.9 Å². The molecule has 9 nitrogen and oxygen atoms in total. The van der Waals surface area contributed by atoms with Gasteiger partial charge in [-0.2, -0.15) is 0 Å². The molecule has 23 heavy (non-hydrogen) atoms. The molecule has 1 heterocycles. The molecule has 0 aliphatic rings. The summed E-state index contributed by atoms with van der Waals surface area (Å²) in [5.74, 6) is -1.61. The molecule has 0 aliphatic heterocycles. The molecule has 1 atom stereocenters. The van der Waals surface area contributed by atoms with Crippen LogP contribution in [0.3, 0.4) is 0 Å². The first-order valence-corrected chi connectivity index (χ1v) is 7.16. The van der Waals surface area contributed by atoms with Crippen LogP contribution in [-0.2, 0) is 16.1 Å². The van der Waals surface area contributed by atoms with Gasteiger partial charge in [0.2, 0.25) is 18.1 Å². The normalized spacial score (nSPS) is 11.7. The Kier molecular flexibility index (Phi) is 5.06. The summed E-state index contributed by atoms with van der Waals surface area (Å²) in [5, 5.41) is 13.0. The molecule has 0 saturated heterocycles. The fraction of sp³-hybridized carbons (Fsp3) is 0.154. The molecule has 2 amide bonds. The van der Waals surface area contributed by atoms with Crippen molar-refractivity contribution >= 4 is 33.6 Å². The Labute approximate surface area is 138 Å². The number of carbonyl (C=O) groups excluding carboxylic acids is 2. The van der Waals surface area contributed by atoms with E-state index in [1.54, 1.807) is 24.3 Å². The number of halogens is 1. The predicted molar refractivity (Wildman–Crippen MR) is 83.1 cm³/mol. The van der Waals surface area contributed by atoms with Gasteiger partial charge in [0.25, 0.3) is 0 Å². The third-order valence-corrected chi connectivity index (χ3v) is 3.40. The molecule has 0 radical (unpaired) electrons. The molecular weight excluding hydrogens is 370 g/mol. The van der Waals surface area contributed by atoms with Gasteiger partial charge in [0.1, 0.15) is 18.8 Å². The standard InChI is InChI=1S/C13H12BrN5O4/c14-9-3-1-2-8(4-9)12(13(15)21)17-11(20)6-18-5-10(16-7-18)19(22)23/h1-5,7,12H,6H2,(H2,15,21)(H,17,20). The molecule has 0 fully saturated rings. The van der Waals surface area contributed by atoms with Crippen molar-refractivity contribution in [2.75, 3.05) is 0 Å². The van der Waals surface area contributed by atoms with Crippen LogP contribution in [0.1, 0.15) is 11.6 Å². The average Bonchev–Trinajstić information content (AvgIpc) is 2.93. The second-order valence-corrected chi connectivity index (χ2v) is 5.53. The predicted octanol–water partition coefficient (Wildman–Crippen LogP) is 0.897. The van der Waals surface area contributed by atoms with Crippen molar-refractivity contribution in [1.82, 2.24) is 14.9 Å². The first kappa shape index (κ1) is 16.6. The molecule has 10 heteroatoms. The van der Waals surface area contributed by atoms with E-state index in [9.17, 15) is 19.7 Å². The van der Waals surface area contributed by atoms with E-state index in [0.29, 0.717) is 5.56 Å². The van der Waals surface area contributed by atoms with Gasteiger partial charge in [-0.25, -0.2) is 0 Å². The maximum atomic E-state index is 12.0. The molecule has 0 bridgehead atoms. The Bertz CT molecular complexity index is 760. The topological polar surface area (TPSA) is 133 Å². The summed E-state index contributed by atoms with van der Waals surface area (Å²) in [6.45, 7) is -0.224. The van der Waals surface area contributed by atoms with Crippen molar-refractivity contribution < 1.29 is 14.5 Å². The van der Waals surface area contributed by atoms with E-state index < -0.39 is 22.8 Å². The Balaban J connectivity index is 2.09. The molecule has 120 valence electrons. The molecule has 0 spiro atoms. The van der Waals surface area contributed by atoms with Gasteiger partial charge in [-0.15, -0.1) is 0 Å². The molecule has 1 aromatic carbocycles. The van der Waals surface area contributed by atoms with Crippen molar-refractivity contribution in [3.05, 3.63) is 56.9 Å². The third-order valence-electron chi connectivity index (χ3n) is 2.90. The van der Waals surface area contributed by atoms with Crippen LogP contribution in [0.25, 0.3) is 0 Å². The highest BCUT2D eigenvalue weighted by molar-refractivity contribution is 9.10. The number of hydrogen-bond acceptors (Lipinski definition) is 5. The zero-order valence-corrected chi connectivity index (χ0v) is 13.3. The van der Waals surface area contributed by atoms with Gasteiger partial charge in [-0.3, -0.25) is 9.59 Å². The van der Waals surface area contributed by atoms with Gasteiger partial charge in [0.05, 0.1) is 0 Å². The number of hydrogen-bond donors (Lipinski definition) is 2. The van der Waals surface area contributed by atoms with Gasteiger partial charge in [0, 0.05) is 4.47 Å². The molecule has 2 rings (SSSR count). The van der Waals surface area contributed by atoms with Crippen LogP contribution in [-0.4, -0.2) is 26.3 Å². The van der Waals surface area contributed by atoms with E-state index in [4.69, 9.17) is 5.73 Å². The quantitative estimate of drug-likeness (QED) is 0.566. The van der Waals surface area contributed by atoms with Crippen LogP contribution in [0, 0.1) is 10.1 Å². The number of carbonyl (C=O) groups is 2. The Morgan fingerprint density at radius 2 is 2.22 bits per heavy atom. The van der Waals surface area contributed by atoms with Gasteiger partial charge in [0.15, 0.2) is 0 Å². The Morgan fingerprint density at radius 3 is 2.78 bits per heavy atom. The summed E-state index contributed by atoms with van der Waals surface area (Å²) >= 11 is 3.27. The van der Waals surface area contributed by atoms with E-state index in [2.05, 4.69) is 26.2 Å². The number of nitro groups is 1. The van der Waals surface area contributed by atoms with E-state index in [0.717, 1.165) is 17.0 Å². The molecule has 0 aliphatic carbocycles. The number of nitrogens with zero attached hydrogens (tertiary/aromatic N) is 3. The van der Waals surface area contributed by atoms with Crippen LogP contribution in [0.4, 0.5) is 5.82 Å². The van der Waals surface area contributed by atoms with Crippen molar-refractivity contribution in [3.8, 4) is 0 Å². The van der Waals surface area contributed by atoms with E-state index in [-0.39, 0.29) is 12.4 Å². The molecule has 2 aromatic rings. The average molecular weight is 382 g/mol. The number of imidazole rings is 1. The molecule has 3 N–H and O–H groups in total. The fourth-order valence-electron chi connectivity index (χ4n) is 1.91. The van der Waals surface area contributed by atoms with Gasteiger partial charge >= 0.3 is 5.82 Å². The van der Waals surface area contributed by atoms with Crippen molar-refractivity contribution in [2.45, 2.75) is 12.6 Å². The van der Waals surface area contributed by atoms with Gasteiger partial charge < -0.3 is 25.7 Å². The third kappa shape index (κ3) is 4.36. The summed E-state index contributed by atoms with van der Waals surface area (Å²) in [6, 6.07) is 5.80. The lowest BCUT2D eigenvalue weighted by Gasteiger charge is -2.16. The Morgan fingerprint density at radius 1 is 1.48 bits per heavy atom. The van der Waals surface area contributed by atoms with Crippen molar-refractivity contribution in [3.63, 3.8) is 0 Å². The zero-order valence-electron chi connectivity index (χ0n) is 11.7. The van der Waals surface area contributed by atoms with E-state index in [1.807, 2.05) is 0 Å². The number of aromatic nitrogens is 2. The molecule has 1 aromatic heterocycles. The molecule has 1 unspecified atom stereocenters. The summed E-state index contributed by atoms with van der Waals surface area (Å²) < 4.78 is 1.98. The number of amides is 2. The lowest BCUT2D eigenvalue weighted by atomic mass is 10.1. The fourth-order valence-corrected chi connectivity index (χ4v) is 2.32. The van der Waals surface area contributed by atoms with Crippen LogP contribution in [0.5, 0.6) is 0 Å². The highest BCUT2D eigenvalue weighted by Crippen LogP contribution is 2.18. The second kappa shape index (κ2) is 7.01.